The summed E-state index contributed by atoms with van der Waals surface area (Å²) in [5.41, 5.74) is 2.40. The summed E-state index contributed by atoms with van der Waals surface area (Å²) >= 11 is 0. The molecule has 0 amide bonds. The van der Waals surface area contributed by atoms with Gasteiger partial charge in [0.05, 0.1) is 21.3 Å². The van der Waals surface area contributed by atoms with Gasteiger partial charge in [0.15, 0.2) is 11.5 Å². The number of hydrogen-bond acceptors (Lipinski definition) is 4. The number of hydrogen-bond donors (Lipinski definition) is 1. The first kappa shape index (κ1) is 16.2. The van der Waals surface area contributed by atoms with E-state index in [1.807, 2.05) is 31.3 Å². The van der Waals surface area contributed by atoms with Gasteiger partial charge in [-0.3, -0.25) is 0 Å². The van der Waals surface area contributed by atoms with Crippen LogP contribution in [0.5, 0.6) is 17.2 Å². The molecule has 0 radical (unpaired) electrons. The summed E-state index contributed by atoms with van der Waals surface area (Å²) in [7, 11) is 6.93. The molecule has 4 heteroatoms. The van der Waals surface area contributed by atoms with Crippen molar-refractivity contribution in [3.05, 3.63) is 53.6 Å². The SMILES string of the molecule is CNCC(c1ccc(OC)cc1)c1ccc(OC)c(OC)c1. The summed E-state index contributed by atoms with van der Waals surface area (Å²) in [6.45, 7) is 0.835. The van der Waals surface area contributed by atoms with Crippen LogP contribution >= 0.6 is 0 Å². The van der Waals surface area contributed by atoms with E-state index in [0.717, 1.165) is 23.8 Å². The van der Waals surface area contributed by atoms with E-state index in [1.165, 1.54) is 11.1 Å². The monoisotopic (exact) mass is 301 g/mol. The zero-order valence-electron chi connectivity index (χ0n) is 13.6. The highest BCUT2D eigenvalue weighted by Crippen LogP contribution is 2.33. The van der Waals surface area contributed by atoms with Crippen LogP contribution in [0.2, 0.25) is 0 Å². The highest BCUT2D eigenvalue weighted by Gasteiger charge is 2.16. The average Bonchev–Trinajstić information content (AvgIpc) is 2.59. The van der Waals surface area contributed by atoms with Crippen molar-refractivity contribution in [2.45, 2.75) is 5.92 Å². The lowest BCUT2D eigenvalue weighted by Gasteiger charge is -2.19. The maximum Gasteiger partial charge on any atom is 0.161 e. The number of nitrogens with one attached hydrogen (secondary N) is 1. The van der Waals surface area contributed by atoms with Crippen molar-refractivity contribution < 1.29 is 14.2 Å². The third-order valence-electron chi connectivity index (χ3n) is 3.74. The summed E-state index contributed by atoms with van der Waals surface area (Å²) in [4.78, 5) is 0. The normalized spacial score (nSPS) is 11.8. The molecule has 2 rings (SSSR count). The van der Waals surface area contributed by atoms with Gasteiger partial charge in [-0.1, -0.05) is 18.2 Å². The van der Waals surface area contributed by atoms with Crippen LogP contribution in [0.25, 0.3) is 0 Å². The van der Waals surface area contributed by atoms with Crippen molar-refractivity contribution in [2.24, 2.45) is 0 Å². The summed E-state index contributed by atoms with van der Waals surface area (Å²) in [6.07, 6.45) is 0. The first-order chi connectivity index (χ1) is 10.7. The lowest BCUT2D eigenvalue weighted by atomic mass is 9.91. The molecule has 0 aliphatic rings. The summed E-state index contributed by atoms with van der Waals surface area (Å²) < 4.78 is 16.0. The van der Waals surface area contributed by atoms with E-state index in [4.69, 9.17) is 14.2 Å². The second-order valence-corrected chi connectivity index (χ2v) is 5.00. The minimum absolute atomic E-state index is 0.232. The molecule has 4 nitrogen and oxygen atoms in total. The van der Waals surface area contributed by atoms with E-state index < -0.39 is 0 Å². The van der Waals surface area contributed by atoms with E-state index in [0.29, 0.717) is 0 Å². The standard InChI is InChI=1S/C18H23NO3/c1-19-12-16(13-5-8-15(20-2)9-6-13)14-7-10-17(21-3)18(11-14)22-4/h5-11,16,19H,12H2,1-4H3. The molecule has 1 atom stereocenters. The molecule has 22 heavy (non-hydrogen) atoms. The molecule has 2 aromatic rings. The fraction of sp³-hybridized carbons (Fsp3) is 0.333. The lowest BCUT2D eigenvalue weighted by molar-refractivity contribution is 0.354. The molecular formula is C18H23NO3. The second kappa shape index (κ2) is 7.71. The van der Waals surface area contributed by atoms with Crippen LogP contribution in [-0.2, 0) is 0 Å². The van der Waals surface area contributed by atoms with Crippen molar-refractivity contribution in [1.82, 2.24) is 5.32 Å². The molecule has 0 heterocycles. The second-order valence-electron chi connectivity index (χ2n) is 5.00. The van der Waals surface area contributed by atoms with Gasteiger partial charge in [-0.15, -0.1) is 0 Å². The highest BCUT2D eigenvalue weighted by atomic mass is 16.5. The lowest BCUT2D eigenvalue weighted by Crippen LogP contribution is -2.18. The van der Waals surface area contributed by atoms with E-state index in [2.05, 4.69) is 23.5 Å². The molecule has 0 bridgehead atoms. The Morgan fingerprint density at radius 3 is 2.00 bits per heavy atom. The number of benzene rings is 2. The van der Waals surface area contributed by atoms with Gasteiger partial charge in [0.2, 0.25) is 0 Å². The Balaban J connectivity index is 2.38. The number of rotatable bonds is 7. The Morgan fingerprint density at radius 2 is 1.45 bits per heavy atom. The maximum absolute atomic E-state index is 5.41. The molecule has 0 saturated heterocycles. The smallest absolute Gasteiger partial charge is 0.161 e. The molecule has 0 fully saturated rings. The Hall–Kier alpha value is -2.20. The Labute approximate surface area is 132 Å². The predicted molar refractivity (Wildman–Crippen MR) is 88.3 cm³/mol. The van der Waals surface area contributed by atoms with E-state index in [-0.39, 0.29) is 5.92 Å². The van der Waals surface area contributed by atoms with E-state index in [9.17, 15) is 0 Å². The minimum Gasteiger partial charge on any atom is -0.497 e. The molecule has 0 aliphatic carbocycles. The third kappa shape index (κ3) is 3.52. The molecule has 0 aromatic heterocycles. The van der Waals surface area contributed by atoms with Crippen LogP contribution in [0, 0.1) is 0 Å². The predicted octanol–water partition coefficient (Wildman–Crippen LogP) is 3.06. The number of ether oxygens (including phenoxy) is 3. The average molecular weight is 301 g/mol. The van der Waals surface area contributed by atoms with Crippen LogP contribution in [-0.4, -0.2) is 34.9 Å². The van der Waals surface area contributed by atoms with Gasteiger partial charge >= 0.3 is 0 Å². The number of likely N-dealkylation sites (N-methyl/N-ethyl adjacent to an activating group) is 1. The van der Waals surface area contributed by atoms with Crippen molar-refractivity contribution in [3.8, 4) is 17.2 Å². The Bertz CT molecular complexity index is 596. The molecule has 0 spiro atoms. The summed E-state index contributed by atoms with van der Waals surface area (Å²) in [5, 5.41) is 3.26. The van der Waals surface area contributed by atoms with Crippen LogP contribution < -0.4 is 19.5 Å². The number of methoxy groups -OCH3 is 3. The first-order valence-corrected chi connectivity index (χ1v) is 7.24. The maximum atomic E-state index is 5.41. The summed E-state index contributed by atoms with van der Waals surface area (Å²) in [6, 6.07) is 14.2. The van der Waals surface area contributed by atoms with Crippen molar-refractivity contribution in [1.29, 1.82) is 0 Å². The van der Waals surface area contributed by atoms with E-state index >= 15 is 0 Å². The Morgan fingerprint density at radius 1 is 0.818 bits per heavy atom. The molecule has 118 valence electrons. The minimum atomic E-state index is 0.232. The topological polar surface area (TPSA) is 39.7 Å². The van der Waals surface area contributed by atoms with Crippen molar-refractivity contribution in [3.63, 3.8) is 0 Å². The van der Waals surface area contributed by atoms with Gasteiger partial charge in [0.1, 0.15) is 5.75 Å². The molecule has 2 aromatic carbocycles. The van der Waals surface area contributed by atoms with Crippen LogP contribution in [0.3, 0.4) is 0 Å². The van der Waals surface area contributed by atoms with Crippen molar-refractivity contribution >= 4 is 0 Å². The van der Waals surface area contributed by atoms with Gasteiger partial charge in [-0.05, 0) is 42.4 Å². The molecular weight excluding hydrogens is 278 g/mol. The quantitative estimate of drug-likeness (QED) is 0.853. The third-order valence-corrected chi connectivity index (χ3v) is 3.74. The van der Waals surface area contributed by atoms with Crippen molar-refractivity contribution in [2.75, 3.05) is 34.9 Å². The largest absolute Gasteiger partial charge is 0.497 e. The molecule has 1 unspecified atom stereocenters. The van der Waals surface area contributed by atoms with Gasteiger partial charge < -0.3 is 19.5 Å². The van der Waals surface area contributed by atoms with Crippen LogP contribution in [0.1, 0.15) is 17.0 Å². The highest BCUT2D eigenvalue weighted by molar-refractivity contribution is 5.46. The Kier molecular flexibility index (Phi) is 5.67. The van der Waals surface area contributed by atoms with Gasteiger partial charge in [-0.25, -0.2) is 0 Å². The van der Waals surface area contributed by atoms with Gasteiger partial charge in [0, 0.05) is 12.5 Å². The molecule has 0 saturated carbocycles. The van der Waals surface area contributed by atoms with Crippen LogP contribution in [0.4, 0.5) is 0 Å². The van der Waals surface area contributed by atoms with Crippen LogP contribution in [0.15, 0.2) is 42.5 Å². The fourth-order valence-electron chi connectivity index (χ4n) is 2.54. The summed E-state index contributed by atoms with van der Waals surface area (Å²) in [5.74, 6) is 2.58. The zero-order valence-corrected chi connectivity index (χ0v) is 13.6. The van der Waals surface area contributed by atoms with Gasteiger partial charge in [-0.2, -0.15) is 0 Å². The first-order valence-electron chi connectivity index (χ1n) is 7.24. The van der Waals surface area contributed by atoms with Gasteiger partial charge in [0.25, 0.3) is 0 Å². The molecule has 1 N–H and O–H groups in total. The fourth-order valence-corrected chi connectivity index (χ4v) is 2.54. The van der Waals surface area contributed by atoms with E-state index in [1.54, 1.807) is 21.3 Å². The molecule has 0 aliphatic heterocycles. The zero-order chi connectivity index (χ0) is 15.9.